The number of aryl methyl sites for hydroxylation is 1. The lowest BCUT2D eigenvalue weighted by Gasteiger charge is -2.12. The van der Waals surface area contributed by atoms with Crippen LogP contribution in [-0.2, 0) is 6.54 Å². The maximum atomic E-state index is 12.5. The van der Waals surface area contributed by atoms with E-state index in [9.17, 15) is 4.79 Å². The molecule has 0 saturated carbocycles. The zero-order valence-corrected chi connectivity index (χ0v) is 15.8. The highest BCUT2D eigenvalue weighted by Crippen LogP contribution is 2.30. The summed E-state index contributed by atoms with van der Waals surface area (Å²) in [5.74, 6) is 0.760. The molecular formula is C19H21N3O3S. The van der Waals surface area contributed by atoms with Gasteiger partial charge < -0.3 is 14.8 Å². The monoisotopic (exact) mass is 371 g/mol. The van der Waals surface area contributed by atoms with Crippen LogP contribution in [0.4, 0.5) is 0 Å². The Morgan fingerprint density at radius 1 is 1.23 bits per heavy atom. The van der Waals surface area contributed by atoms with Gasteiger partial charge in [-0.15, -0.1) is 11.3 Å². The molecule has 1 N–H and O–H groups in total. The minimum Gasteiger partial charge on any atom is -0.493 e. The van der Waals surface area contributed by atoms with Crippen molar-refractivity contribution >= 4 is 17.2 Å². The number of benzene rings is 1. The summed E-state index contributed by atoms with van der Waals surface area (Å²) in [5, 5.41) is 9.56. The molecule has 0 bridgehead atoms. The minimum absolute atomic E-state index is 0.205. The number of nitrogens with one attached hydrogen (secondary N) is 1. The number of amides is 1. The van der Waals surface area contributed by atoms with E-state index in [1.807, 2.05) is 29.1 Å². The molecule has 0 spiro atoms. The van der Waals surface area contributed by atoms with Crippen molar-refractivity contribution in [3.8, 4) is 22.1 Å². The van der Waals surface area contributed by atoms with Crippen LogP contribution in [0.5, 0.6) is 11.5 Å². The number of hydrogen-bond acceptors (Lipinski definition) is 5. The van der Waals surface area contributed by atoms with Gasteiger partial charge in [0.05, 0.1) is 31.2 Å². The summed E-state index contributed by atoms with van der Waals surface area (Å²) < 4.78 is 12.5. The fourth-order valence-electron chi connectivity index (χ4n) is 2.72. The summed E-state index contributed by atoms with van der Waals surface area (Å²) in [5.41, 5.74) is 2.46. The quantitative estimate of drug-likeness (QED) is 0.692. The van der Waals surface area contributed by atoms with Gasteiger partial charge in [-0.1, -0.05) is 12.1 Å². The lowest BCUT2D eigenvalue weighted by atomic mass is 10.1. The van der Waals surface area contributed by atoms with Gasteiger partial charge >= 0.3 is 0 Å². The van der Waals surface area contributed by atoms with Crippen LogP contribution in [0.15, 0.2) is 41.8 Å². The number of ether oxygens (including phenoxy) is 2. The van der Waals surface area contributed by atoms with Crippen LogP contribution in [0, 0.1) is 6.92 Å². The molecule has 2 heterocycles. The van der Waals surface area contributed by atoms with Gasteiger partial charge in [0.15, 0.2) is 11.5 Å². The molecule has 0 fully saturated rings. The number of methoxy groups -OCH3 is 2. The molecule has 0 atom stereocenters. The van der Waals surface area contributed by atoms with Crippen molar-refractivity contribution in [2.75, 3.05) is 20.8 Å². The fourth-order valence-corrected chi connectivity index (χ4v) is 3.40. The highest BCUT2D eigenvalue weighted by atomic mass is 32.1. The zero-order chi connectivity index (χ0) is 18.5. The number of para-hydroxylation sites is 1. The molecule has 0 saturated heterocycles. The lowest BCUT2D eigenvalue weighted by Crippen LogP contribution is -2.28. The van der Waals surface area contributed by atoms with Crippen molar-refractivity contribution in [2.45, 2.75) is 13.5 Å². The van der Waals surface area contributed by atoms with Crippen LogP contribution < -0.4 is 14.8 Å². The minimum atomic E-state index is -0.205. The average molecular weight is 371 g/mol. The number of rotatable bonds is 7. The average Bonchev–Trinajstić information content (AvgIpc) is 3.31. The van der Waals surface area contributed by atoms with E-state index < -0.39 is 0 Å². The molecule has 0 unspecified atom stereocenters. The molecule has 2 aromatic heterocycles. The SMILES string of the molecule is COc1cccc(C(=O)NCCn2nc(-c3cccs3)cc2C)c1OC. The first-order valence-electron chi connectivity index (χ1n) is 8.21. The number of thiophene rings is 1. The van der Waals surface area contributed by atoms with Crippen molar-refractivity contribution in [3.63, 3.8) is 0 Å². The molecule has 0 radical (unpaired) electrons. The van der Waals surface area contributed by atoms with E-state index in [4.69, 9.17) is 9.47 Å². The van der Waals surface area contributed by atoms with Crippen LogP contribution in [0.25, 0.3) is 10.6 Å². The molecule has 136 valence electrons. The van der Waals surface area contributed by atoms with Gasteiger partial charge in [0, 0.05) is 12.2 Å². The second kappa shape index (κ2) is 8.05. The van der Waals surface area contributed by atoms with E-state index in [1.165, 1.54) is 7.11 Å². The first-order chi connectivity index (χ1) is 12.6. The third kappa shape index (κ3) is 3.72. The van der Waals surface area contributed by atoms with Gasteiger partial charge in [-0.3, -0.25) is 9.48 Å². The predicted octanol–water partition coefficient (Wildman–Crippen LogP) is 3.37. The molecule has 3 rings (SSSR count). The van der Waals surface area contributed by atoms with Crippen LogP contribution >= 0.6 is 11.3 Å². The standard InChI is InChI=1S/C19H21N3O3S/c1-13-12-15(17-8-5-11-26-17)21-22(13)10-9-20-19(23)14-6-4-7-16(24-2)18(14)25-3/h4-8,11-12H,9-10H2,1-3H3,(H,20,23). The van der Waals surface area contributed by atoms with Crippen LogP contribution in [0.3, 0.4) is 0 Å². The van der Waals surface area contributed by atoms with Gasteiger partial charge in [-0.05, 0) is 36.6 Å². The molecule has 0 aliphatic heterocycles. The van der Waals surface area contributed by atoms with Crippen LogP contribution in [-0.4, -0.2) is 36.5 Å². The van der Waals surface area contributed by atoms with E-state index in [0.717, 1.165) is 16.3 Å². The molecule has 0 aliphatic rings. The summed E-state index contributed by atoms with van der Waals surface area (Å²) in [4.78, 5) is 13.6. The van der Waals surface area contributed by atoms with Gasteiger partial charge in [-0.25, -0.2) is 0 Å². The Balaban J connectivity index is 1.65. The maximum absolute atomic E-state index is 12.5. The van der Waals surface area contributed by atoms with Crippen molar-refractivity contribution in [1.29, 1.82) is 0 Å². The van der Waals surface area contributed by atoms with E-state index in [0.29, 0.717) is 30.2 Å². The van der Waals surface area contributed by atoms with Crippen molar-refractivity contribution < 1.29 is 14.3 Å². The molecule has 7 heteroatoms. The van der Waals surface area contributed by atoms with Gasteiger partial charge in [0.1, 0.15) is 5.69 Å². The summed E-state index contributed by atoms with van der Waals surface area (Å²) in [7, 11) is 3.07. The van der Waals surface area contributed by atoms with Gasteiger partial charge in [0.2, 0.25) is 0 Å². The van der Waals surface area contributed by atoms with Gasteiger partial charge in [0.25, 0.3) is 5.91 Å². The lowest BCUT2D eigenvalue weighted by molar-refractivity contribution is 0.0948. The second-order valence-electron chi connectivity index (χ2n) is 5.67. The largest absolute Gasteiger partial charge is 0.493 e. The molecule has 1 aromatic carbocycles. The Bertz CT molecular complexity index is 888. The highest BCUT2D eigenvalue weighted by molar-refractivity contribution is 7.13. The molecular weight excluding hydrogens is 350 g/mol. The van der Waals surface area contributed by atoms with Crippen LogP contribution in [0.1, 0.15) is 16.1 Å². The fraction of sp³-hybridized carbons (Fsp3) is 0.263. The van der Waals surface area contributed by atoms with E-state index >= 15 is 0 Å². The summed E-state index contributed by atoms with van der Waals surface area (Å²) in [6, 6.07) is 11.4. The third-order valence-electron chi connectivity index (χ3n) is 4.01. The summed E-state index contributed by atoms with van der Waals surface area (Å²) in [6.45, 7) is 3.07. The van der Waals surface area contributed by atoms with E-state index in [2.05, 4.69) is 16.5 Å². The van der Waals surface area contributed by atoms with E-state index in [1.54, 1.807) is 36.6 Å². The number of nitrogens with zero attached hydrogens (tertiary/aromatic N) is 2. The highest BCUT2D eigenvalue weighted by Gasteiger charge is 2.16. The molecule has 1 amide bonds. The van der Waals surface area contributed by atoms with Gasteiger partial charge in [-0.2, -0.15) is 5.10 Å². The Kier molecular flexibility index (Phi) is 5.58. The van der Waals surface area contributed by atoms with Crippen molar-refractivity contribution in [2.24, 2.45) is 0 Å². The summed E-state index contributed by atoms with van der Waals surface area (Å²) in [6.07, 6.45) is 0. The third-order valence-corrected chi connectivity index (χ3v) is 4.90. The Hall–Kier alpha value is -2.80. The summed E-state index contributed by atoms with van der Waals surface area (Å²) >= 11 is 1.66. The molecule has 6 nitrogen and oxygen atoms in total. The predicted molar refractivity (Wildman–Crippen MR) is 102 cm³/mol. The smallest absolute Gasteiger partial charge is 0.255 e. The van der Waals surface area contributed by atoms with E-state index in [-0.39, 0.29) is 5.91 Å². The zero-order valence-electron chi connectivity index (χ0n) is 15.0. The Morgan fingerprint density at radius 3 is 2.77 bits per heavy atom. The second-order valence-corrected chi connectivity index (χ2v) is 6.62. The number of hydrogen-bond donors (Lipinski definition) is 1. The number of carbonyl (C=O) groups is 1. The molecule has 0 aliphatic carbocycles. The van der Waals surface area contributed by atoms with Crippen molar-refractivity contribution in [3.05, 3.63) is 53.0 Å². The molecule has 3 aromatic rings. The van der Waals surface area contributed by atoms with Crippen LogP contribution in [0.2, 0.25) is 0 Å². The number of aromatic nitrogens is 2. The first kappa shape index (κ1) is 18.0. The normalized spacial score (nSPS) is 10.6. The maximum Gasteiger partial charge on any atom is 0.255 e. The number of carbonyl (C=O) groups excluding carboxylic acids is 1. The molecule has 26 heavy (non-hydrogen) atoms. The topological polar surface area (TPSA) is 65.4 Å². The Morgan fingerprint density at radius 2 is 2.08 bits per heavy atom. The van der Waals surface area contributed by atoms with Crippen molar-refractivity contribution in [1.82, 2.24) is 15.1 Å². The Labute approximate surface area is 156 Å². The first-order valence-corrected chi connectivity index (χ1v) is 9.09.